The zero-order valence-electron chi connectivity index (χ0n) is 10.3. The third kappa shape index (κ3) is 3.21. The summed E-state index contributed by atoms with van der Waals surface area (Å²) in [5.74, 6) is 0.961. The van der Waals surface area contributed by atoms with Crippen LogP contribution in [0, 0.1) is 6.92 Å². The number of hydrogen-bond donors (Lipinski definition) is 1. The lowest BCUT2D eigenvalue weighted by molar-refractivity contribution is 0.0702. The second-order valence-corrected chi connectivity index (χ2v) is 5.42. The fourth-order valence-corrected chi connectivity index (χ4v) is 2.66. The van der Waals surface area contributed by atoms with Gasteiger partial charge in [-0.05, 0) is 38.2 Å². The molecule has 5 heteroatoms. The monoisotopic (exact) mass is 265 g/mol. The van der Waals surface area contributed by atoms with Crippen molar-refractivity contribution in [3.05, 3.63) is 45.5 Å². The van der Waals surface area contributed by atoms with E-state index in [9.17, 15) is 4.79 Å². The van der Waals surface area contributed by atoms with E-state index >= 15 is 0 Å². The highest BCUT2D eigenvalue weighted by Crippen LogP contribution is 2.19. The zero-order valence-corrected chi connectivity index (χ0v) is 11.2. The Morgan fingerprint density at radius 2 is 2.11 bits per heavy atom. The second kappa shape index (κ2) is 5.37. The van der Waals surface area contributed by atoms with Crippen molar-refractivity contribution in [2.75, 3.05) is 7.05 Å². The third-order valence-corrected chi connectivity index (χ3v) is 3.58. The molecule has 0 saturated heterocycles. The van der Waals surface area contributed by atoms with Crippen LogP contribution in [0.5, 0.6) is 0 Å². The summed E-state index contributed by atoms with van der Waals surface area (Å²) in [6.07, 6.45) is 0. The van der Waals surface area contributed by atoms with Crippen molar-refractivity contribution in [3.8, 4) is 0 Å². The quantitative estimate of drug-likeness (QED) is 0.903. The van der Waals surface area contributed by atoms with Crippen LogP contribution >= 0.6 is 11.3 Å². The normalized spacial score (nSPS) is 11.1. The van der Waals surface area contributed by atoms with Crippen LogP contribution in [-0.4, -0.2) is 23.0 Å². The molecule has 2 rings (SSSR count). The number of hydrogen-bond acceptors (Lipinski definition) is 4. The van der Waals surface area contributed by atoms with E-state index in [1.165, 1.54) is 11.3 Å². The van der Waals surface area contributed by atoms with E-state index in [2.05, 4.69) is 4.90 Å². The Morgan fingerprint density at radius 1 is 1.33 bits per heavy atom. The fraction of sp³-hybridized carbons (Fsp3) is 0.308. The minimum atomic E-state index is -0.865. The Balaban J connectivity index is 1.94. The lowest BCUT2D eigenvalue weighted by Gasteiger charge is -2.13. The molecule has 2 aromatic heterocycles. The highest BCUT2D eigenvalue weighted by Gasteiger charge is 2.09. The molecule has 4 nitrogen and oxygen atoms in total. The second-order valence-electron chi connectivity index (χ2n) is 4.26. The van der Waals surface area contributed by atoms with Crippen molar-refractivity contribution >= 4 is 17.3 Å². The summed E-state index contributed by atoms with van der Waals surface area (Å²) in [5, 5.41) is 8.85. The average Bonchev–Trinajstić information content (AvgIpc) is 2.88. The number of carboxylic acids is 1. The van der Waals surface area contributed by atoms with Gasteiger partial charge in [-0.15, -0.1) is 11.3 Å². The van der Waals surface area contributed by atoms with E-state index < -0.39 is 5.97 Å². The largest absolute Gasteiger partial charge is 0.477 e. The predicted octanol–water partition coefficient (Wildman–Crippen LogP) is 2.98. The maximum Gasteiger partial charge on any atom is 0.345 e. The summed E-state index contributed by atoms with van der Waals surface area (Å²) in [5.41, 5.74) is 0. The van der Waals surface area contributed by atoms with Crippen LogP contribution in [0.1, 0.15) is 26.1 Å². The highest BCUT2D eigenvalue weighted by atomic mass is 32.1. The van der Waals surface area contributed by atoms with Gasteiger partial charge in [-0.2, -0.15) is 0 Å². The minimum Gasteiger partial charge on any atom is -0.477 e. The molecule has 1 N–H and O–H groups in total. The van der Waals surface area contributed by atoms with Crippen LogP contribution in [-0.2, 0) is 13.1 Å². The Kier molecular flexibility index (Phi) is 3.84. The average molecular weight is 265 g/mol. The van der Waals surface area contributed by atoms with Gasteiger partial charge in [-0.1, -0.05) is 0 Å². The summed E-state index contributed by atoms with van der Waals surface area (Å²) < 4.78 is 5.50. The van der Waals surface area contributed by atoms with Crippen molar-refractivity contribution in [2.24, 2.45) is 0 Å². The number of rotatable bonds is 5. The molecule has 0 spiro atoms. The number of furan rings is 1. The molecule has 0 radical (unpaired) electrons. The van der Waals surface area contributed by atoms with Crippen LogP contribution < -0.4 is 0 Å². The van der Waals surface area contributed by atoms with Crippen LogP contribution in [0.2, 0.25) is 0 Å². The van der Waals surface area contributed by atoms with E-state index in [1.807, 2.05) is 32.2 Å². The molecule has 0 fully saturated rings. The number of carboxylic acid groups (broad SMARTS) is 1. The van der Waals surface area contributed by atoms with Crippen molar-refractivity contribution in [1.29, 1.82) is 0 Å². The first-order valence-electron chi connectivity index (χ1n) is 5.60. The minimum absolute atomic E-state index is 0.382. The molecule has 2 aromatic rings. The molecule has 0 aliphatic carbocycles. The first kappa shape index (κ1) is 12.9. The van der Waals surface area contributed by atoms with Crippen molar-refractivity contribution in [2.45, 2.75) is 20.0 Å². The third-order valence-electron chi connectivity index (χ3n) is 2.52. The molecule has 0 amide bonds. The Labute approximate surface area is 109 Å². The number of nitrogens with zero attached hydrogens (tertiary/aromatic N) is 1. The van der Waals surface area contributed by atoms with Crippen LogP contribution in [0.15, 0.2) is 28.7 Å². The molecule has 2 heterocycles. The summed E-state index contributed by atoms with van der Waals surface area (Å²) in [6, 6.07) is 7.41. The SMILES string of the molecule is Cc1ccc(CN(C)Cc2ccc(C(=O)O)s2)o1. The number of aryl methyl sites for hydroxylation is 1. The van der Waals surface area contributed by atoms with Crippen molar-refractivity contribution in [3.63, 3.8) is 0 Å². The molecule has 0 atom stereocenters. The van der Waals surface area contributed by atoms with Gasteiger partial charge in [0.05, 0.1) is 6.54 Å². The Morgan fingerprint density at radius 3 is 2.67 bits per heavy atom. The molecule has 0 saturated carbocycles. The molecule has 0 aliphatic rings. The molecule has 18 heavy (non-hydrogen) atoms. The van der Waals surface area contributed by atoms with Gasteiger partial charge in [-0.25, -0.2) is 4.79 Å². The number of carbonyl (C=O) groups is 1. The highest BCUT2D eigenvalue weighted by molar-refractivity contribution is 7.13. The van der Waals surface area contributed by atoms with Gasteiger partial charge < -0.3 is 9.52 Å². The summed E-state index contributed by atoms with van der Waals surface area (Å²) in [4.78, 5) is 14.3. The van der Waals surface area contributed by atoms with E-state index in [0.717, 1.165) is 22.9 Å². The van der Waals surface area contributed by atoms with E-state index in [-0.39, 0.29) is 0 Å². The molecule has 0 aliphatic heterocycles. The smallest absolute Gasteiger partial charge is 0.345 e. The van der Waals surface area contributed by atoms with Crippen LogP contribution in [0.25, 0.3) is 0 Å². The summed E-state index contributed by atoms with van der Waals surface area (Å²) >= 11 is 1.31. The number of thiophene rings is 1. The van der Waals surface area contributed by atoms with E-state index in [1.54, 1.807) is 6.07 Å². The van der Waals surface area contributed by atoms with Crippen LogP contribution in [0.3, 0.4) is 0 Å². The van der Waals surface area contributed by atoms with Crippen LogP contribution in [0.4, 0.5) is 0 Å². The molecule has 96 valence electrons. The van der Waals surface area contributed by atoms with Gasteiger partial charge in [0.1, 0.15) is 16.4 Å². The molecular formula is C13H15NO3S. The maximum absolute atomic E-state index is 10.8. The maximum atomic E-state index is 10.8. The number of aromatic carboxylic acids is 1. The van der Waals surface area contributed by atoms with Gasteiger partial charge in [-0.3, -0.25) is 4.90 Å². The van der Waals surface area contributed by atoms with Crippen molar-refractivity contribution < 1.29 is 14.3 Å². The molecule has 0 aromatic carbocycles. The summed E-state index contributed by atoms with van der Waals surface area (Å²) in [7, 11) is 1.98. The topological polar surface area (TPSA) is 53.7 Å². The lowest BCUT2D eigenvalue weighted by atomic mass is 10.3. The van der Waals surface area contributed by atoms with E-state index in [4.69, 9.17) is 9.52 Å². The van der Waals surface area contributed by atoms with Gasteiger partial charge >= 0.3 is 5.97 Å². The standard InChI is InChI=1S/C13H15NO3S/c1-9-3-4-10(17-9)7-14(2)8-11-5-6-12(18-11)13(15)16/h3-6H,7-8H2,1-2H3,(H,15,16). The van der Waals surface area contributed by atoms with Gasteiger partial charge in [0.25, 0.3) is 0 Å². The molecule has 0 unspecified atom stereocenters. The summed E-state index contributed by atoms with van der Waals surface area (Å²) in [6.45, 7) is 3.35. The van der Waals surface area contributed by atoms with Gasteiger partial charge in [0.2, 0.25) is 0 Å². The molecule has 0 bridgehead atoms. The first-order valence-corrected chi connectivity index (χ1v) is 6.42. The first-order chi connectivity index (χ1) is 8.54. The Bertz CT molecular complexity index is 544. The zero-order chi connectivity index (χ0) is 13.1. The van der Waals surface area contributed by atoms with Crippen molar-refractivity contribution in [1.82, 2.24) is 4.90 Å². The fourth-order valence-electron chi connectivity index (χ4n) is 1.74. The van der Waals surface area contributed by atoms with Gasteiger partial charge in [0, 0.05) is 11.4 Å². The molecular weight excluding hydrogens is 250 g/mol. The predicted molar refractivity (Wildman–Crippen MR) is 69.9 cm³/mol. The lowest BCUT2D eigenvalue weighted by Crippen LogP contribution is -2.16. The van der Waals surface area contributed by atoms with Gasteiger partial charge in [0.15, 0.2) is 0 Å². The van der Waals surface area contributed by atoms with E-state index in [0.29, 0.717) is 11.4 Å². The Hall–Kier alpha value is -1.59.